The monoisotopic (exact) mass is 325 g/mol. The van der Waals surface area contributed by atoms with E-state index in [-0.39, 0.29) is 11.3 Å². The standard InChI is InChI=1S/C20H20ClNO/c1-13-6-4-5-7-16(13)19(23)11-18-17-9-8-15(21)10-14(17)12-20(2,3)22-18/h4-11,22H,12H2,1-3H3. The van der Waals surface area contributed by atoms with Gasteiger partial charge in [0, 0.05) is 33.5 Å². The number of carbonyl (C=O) groups is 1. The number of allylic oxidation sites excluding steroid dienone is 1. The molecule has 0 radical (unpaired) electrons. The number of rotatable bonds is 2. The highest BCUT2D eigenvalue weighted by Gasteiger charge is 2.28. The second-order valence-electron chi connectivity index (χ2n) is 6.72. The summed E-state index contributed by atoms with van der Waals surface area (Å²) >= 11 is 6.13. The number of hydrogen-bond acceptors (Lipinski definition) is 2. The Morgan fingerprint density at radius 3 is 2.70 bits per heavy atom. The van der Waals surface area contributed by atoms with Crippen LogP contribution in [0.4, 0.5) is 0 Å². The van der Waals surface area contributed by atoms with Gasteiger partial charge in [-0.1, -0.05) is 41.9 Å². The lowest BCUT2D eigenvalue weighted by molar-refractivity contribution is 0.104. The molecule has 0 amide bonds. The van der Waals surface area contributed by atoms with Gasteiger partial charge in [0.2, 0.25) is 0 Å². The molecule has 0 saturated carbocycles. The number of ketones is 1. The minimum atomic E-state index is -0.116. The molecule has 0 saturated heterocycles. The van der Waals surface area contributed by atoms with Crippen LogP contribution >= 0.6 is 11.6 Å². The molecule has 1 aliphatic rings. The smallest absolute Gasteiger partial charge is 0.188 e. The average molecular weight is 326 g/mol. The minimum Gasteiger partial charge on any atom is -0.379 e. The largest absolute Gasteiger partial charge is 0.379 e. The van der Waals surface area contributed by atoms with Gasteiger partial charge in [-0.05, 0) is 50.5 Å². The molecule has 3 rings (SSSR count). The van der Waals surface area contributed by atoms with E-state index in [1.807, 2.05) is 49.4 Å². The summed E-state index contributed by atoms with van der Waals surface area (Å²) in [7, 11) is 0. The molecule has 0 aromatic heterocycles. The van der Waals surface area contributed by atoms with Crippen molar-refractivity contribution in [1.29, 1.82) is 0 Å². The number of aryl methyl sites for hydroxylation is 1. The van der Waals surface area contributed by atoms with Crippen molar-refractivity contribution < 1.29 is 4.79 Å². The Hall–Kier alpha value is -2.06. The fourth-order valence-corrected chi connectivity index (χ4v) is 3.29. The Morgan fingerprint density at radius 1 is 1.22 bits per heavy atom. The van der Waals surface area contributed by atoms with Gasteiger partial charge in [-0.2, -0.15) is 0 Å². The lowest BCUT2D eigenvalue weighted by atomic mass is 9.85. The number of halogens is 1. The van der Waals surface area contributed by atoms with Gasteiger partial charge < -0.3 is 5.32 Å². The van der Waals surface area contributed by atoms with Crippen LogP contribution in [0.1, 0.15) is 40.9 Å². The average Bonchev–Trinajstić information content (AvgIpc) is 2.45. The first-order valence-electron chi connectivity index (χ1n) is 7.74. The van der Waals surface area contributed by atoms with Gasteiger partial charge in [-0.25, -0.2) is 0 Å². The summed E-state index contributed by atoms with van der Waals surface area (Å²) in [5.41, 5.74) is 4.69. The molecule has 1 N–H and O–H groups in total. The van der Waals surface area contributed by atoms with E-state index >= 15 is 0 Å². The molecular weight excluding hydrogens is 306 g/mol. The number of benzene rings is 2. The maximum atomic E-state index is 12.7. The molecule has 0 atom stereocenters. The number of hydrogen-bond donors (Lipinski definition) is 1. The Bertz CT molecular complexity index is 805. The fraction of sp³-hybridized carbons (Fsp3) is 0.250. The molecule has 118 valence electrons. The third-order valence-corrected chi connectivity index (χ3v) is 4.38. The van der Waals surface area contributed by atoms with E-state index in [4.69, 9.17) is 11.6 Å². The first-order valence-corrected chi connectivity index (χ1v) is 8.12. The van der Waals surface area contributed by atoms with Gasteiger partial charge in [0.25, 0.3) is 0 Å². The minimum absolute atomic E-state index is 0.0178. The third-order valence-electron chi connectivity index (χ3n) is 4.15. The first kappa shape index (κ1) is 15.8. The SMILES string of the molecule is Cc1ccccc1C(=O)C=C1NC(C)(C)Cc2cc(Cl)ccc21. The summed E-state index contributed by atoms with van der Waals surface area (Å²) in [6, 6.07) is 13.5. The van der Waals surface area contributed by atoms with Gasteiger partial charge in [0.1, 0.15) is 0 Å². The number of nitrogens with one attached hydrogen (secondary N) is 1. The van der Waals surface area contributed by atoms with Gasteiger partial charge in [-0.15, -0.1) is 0 Å². The lowest BCUT2D eigenvalue weighted by Crippen LogP contribution is -2.43. The molecule has 1 heterocycles. The van der Waals surface area contributed by atoms with Crippen LogP contribution in [0.5, 0.6) is 0 Å². The molecule has 23 heavy (non-hydrogen) atoms. The molecule has 2 nitrogen and oxygen atoms in total. The zero-order valence-corrected chi connectivity index (χ0v) is 14.4. The van der Waals surface area contributed by atoms with Gasteiger partial charge >= 0.3 is 0 Å². The molecule has 0 fully saturated rings. The molecule has 3 heteroatoms. The zero-order chi connectivity index (χ0) is 16.6. The summed E-state index contributed by atoms with van der Waals surface area (Å²) < 4.78 is 0. The van der Waals surface area contributed by atoms with Crippen molar-refractivity contribution in [2.24, 2.45) is 0 Å². The van der Waals surface area contributed by atoms with Crippen LogP contribution < -0.4 is 5.32 Å². The normalized spacial score (nSPS) is 17.5. The highest BCUT2D eigenvalue weighted by Crippen LogP contribution is 2.31. The topological polar surface area (TPSA) is 29.1 Å². The molecular formula is C20H20ClNO. The Balaban J connectivity index is 2.05. The summed E-state index contributed by atoms with van der Waals surface area (Å²) in [5, 5.41) is 4.21. The summed E-state index contributed by atoms with van der Waals surface area (Å²) in [6.45, 7) is 6.21. The Labute approximate surface area is 142 Å². The van der Waals surface area contributed by atoms with E-state index in [2.05, 4.69) is 19.2 Å². The van der Waals surface area contributed by atoms with Crippen molar-refractivity contribution in [2.45, 2.75) is 32.7 Å². The van der Waals surface area contributed by atoms with E-state index in [9.17, 15) is 4.79 Å². The van der Waals surface area contributed by atoms with Crippen molar-refractivity contribution in [3.05, 3.63) is 75.8 Å². The molecule has 0 unspecified atom stereocenters. The van der Waals surface area contributed by atoms with Crippen LogP contribution in [-0.4, -0.2) is 11.3 Å². The second-order valence-corrected chi connectivity index (χ2v) is 7.16. The summed E-state index contributed by atoms with van der Waals surface area (Å²) in [5.74, 6) is 0.0178. The molecule has 1 aliphatic heterocycles. The molecule has 0 spiro atoms. The highest BCUT2D eigenvalue weighted by atomic mass is 35.5. The van der Waals surface area contributed by atoms with E-state index in [1.54, 1.807) is 6.08 Å². The lowest BCUT2D eigenvalue weighted by Gasteiger charge is -2.35. The van der Waals surface area contributed by atoms with E-state index in [1.165, 1.54) is 5.56 Å². The number of carbonyl (C=O) groups excluding carboxylic acids is 1. The van der Waals surface area contributed by atoms with E-state index in [0.29, 0.717) is 0 Å². The van der Waals surface area contributed by atoms with Crippen molar-refractivity contribution in [2.75, 3.05) is 0 Å². The highest BCUT2D eigenvalue weighted by molar-refractivity contribution is 6.30. The Morgan fingerprint density at radius 2 is 1.96 bits per heavy atom. The van der Waals surface area contributed by atoms with Gasteiger partial charge in [-0.3, -0.25) is 4.79 Å². The second kappa shape index (κ2) is 5.86. The summed E-state index contributed by atoms with van der Waals surface area (Å²) in [4.78, 5) is 12.7. The van der Waals surface area contributed by atoms with E-state index in [0.717, 1.165) is 33.8 Å². The predicted molar refractivity (Wildman–Crippen MR) is 95.9 cm³/mol. The van der Waals surface area contributed by atoms with Crippen molar-refractivity contribution >= 4 is 23.1 Å². The van der Waals surface area contributed by atoms with Crippen molar-refractivity contribution in [3.8, 4) is 0 Å². The summed E-state index contributed by atoms with van der Waals surface area (Å²) in [6.07, 6.45) is 2.58. The van der Waals surface area contributed by atoms with E-state index < -0.39 is 0 Å². The molecule has 2 aromatic rings. The van der Waals surface area contributed by atoms with Crippen LogP contribution in [0.3, 0.4) is 0 Å². The maximum absolute atomic E-state index is 12.7. The molecule has 0 bridgehead atoms. The quantitative estimate of drug-likeness (QED) is 0.635. The van der Waals surface area contributed by atoms with Gasteiger partial charge in [0.15, 0.2) is 5.78 Å². The molecule has 2 aromatic carbocycles. The van der Waals surface area contributed by atoms with Crippen LogP contribution in [0.15, 0.2) is 48.5 Å². The predicted octanol–water partition coefficient (Wildman–Crippen LogP) is 4.80. The van der Waals surface area contributed by atoms with Crippen LogP contribution in [0.25, 0.3) is 5.70 Å². The molecule has 0 aliphatic carbocycles. The Kier molecular flexibility index (Phi) is 4.03. The van der Waals surface area contributed by atoms with Crippen molar-refractivity contribution in [3.63, 3.8) is 0 Å². The third kappa shape index (κ3) is 3.32. The fourth-order valence-electron chi connectivity index (χ4n) is 3.10. The van der Waals surface area contributed by atoms with Crippen LogP contribution in [-0.2, 0) is 6.42 Å². The van der Waals surface area contributed by atoms with Gasteiger partial charge in [0.05, 0.1) is 0 Å². The zero-order valence-electron chi connectivity index (χ0n) is 13.6. The van der Waals surface area contributed by atoms with Crippen LogP contribution in [0, 0.1) is 6.92 Å². The number of fused-ring (bicyclic) bond motifs is 1. The van der Waals surface area contributed by atoms with Crippen LogP contribution in [0.2, 0.25) is 5.02 Å². The first-order chi connectivity index (χ1) is 10.9. The maximum Gasteiger partial charge on any atom is 0.188 e. The van der Waals surface area contributed by atoms with Crippen molar-refractivity contribution in [1.82, 2.24) is 5.32 Å².